The van der Waals surface area contributed by atoms with E-state index in [-0.39, 0.29) is 11.8 Å². The largest absolute Gasteiger partial charge is 0.497 e. The molecule has 166 valence electrons. The molecule has 1 fully saturated rings. The van der Waals surface area contributed by atoms with Crippen molar-refractivity contribution in [3.63, 3.8) is 0 Å². The van der Waals surface area contributed by atoms with Crippen LogP contribution >= 0.6 is 0 Å². The predicted molar refractivity (Wildman–Crippen MR) is 120 cm³/mol. The van der Waals surface area contributed by atoms with Crippen LogP contribution < -0.4 is 4.74 Å². The SMILES string of the molecule is COc1ccc(CCC(=O)N2CCCN(C(=O)c3ccc(-n4ccnc4)nc3)CC2)cc1. The molecule has 0 bridgehead atoms. The van der Waals surface area contributed by atoms with E-state index < -0.39 is 0 Å². The zero-order valence-electron chi connectivity index (χ0n) is 18.2. The molecular weight excluding hydrogens is 406 g/mol. The zero-order valence-corrected chi connectivity index (χ0v) is 18.2. The van der Waals surface area contributed by atoms with Gasteiger partial charge in [0.25, 0.3) is 5.91 Å². The number of carbonyl (C=O) groups is 2. The Bertz CT molecular complexity index is 1030. The quantitative estimate of drug-likeness (QED) is 0.597. The Kier molecular flexibility index (Phi) is 6.79. The van der Waals surface area contributed by atoms with Crippen molar-refractivity contribution in [2.24, 2.45) is 0 Å². The molecule has 3 heterocycles. The van der Waals surface area contributed by atoms with Crippen LogP contribution in [0.2, 0.25) is 0 Å². The minimum absolute atomic E-state index is 0.0535. The summed E-state index contributed by atoms with van der Waals surface area (Å²) in [6, 6.07) is 11.4. The standard InChI is InChI=1S/C24H27N5O3/c1-32-21-7-3-19(4-8-21)5-10-23(30)27-12-2-13-28(16-15-27)24(31)20-6-9-22(26-17-20)29-14-11-25-18-29/h3-4,6-9,11,14,17-18H,2,5,10,12-13,15-16H2,1H3. The smallest absolute Gasteiger partial charge is 0.255 e. The van der Waals surface area contributed by atoms with Gasteiger partial charge in [-0.25, -0.2) is 9.97 Å². The van der Waals surface area contributed by atoms with E-state index in [1.165, 1.54) is 0 Å². The van der Waals surface area contributed by atoms with Gasteiger partial charge in [0.05, 0.1) is 12.7 Å². The summed E-state index contributed by atoms with van der Waals surface area (Å²) in [5.74, 6) is 1.59. The average molecular weight is 434 g/mol. The van der Waals surface area contributed by atoms with Crippen LogP contribution in [0.25, 0.3) is 5.82 Å². The normalized spacial score (nSPS) is 14.2. The van der Waals surface area contributed by atoms with Gasteiger partial charge in [0.1, 0.15) is 17.9 Å². The number of benzene rings is 1. The number of aryl methyl sites for hydroxylation is 1. The lowest BCUT2D eigenvalue weighted by Crippen LogP contribution is -2.37. The fourth-order valence-electron chi connectivity index (χ4n) is 3.81. The third kappa shape index (κ3) is 5.14. The van der Waals surface area contributed by atoms with E-state index in [0.717, 1.165) is 17.7 Å². The van der Waals surface area contributed by atoms with Crippen LogP contribution in [0, 0.1) is 0 Å². The molecule has 1 aromatic carbocycles. The summed E-state index contributed by atoms with van der Waals surface area (Å²) in [7, 11) is 1.64. The van der Waals surface area contributed by atoms with Crippen LogP contribution in [0.15, 0.2) is 61.3 Å². The molecule has 2 aromatic heterocycles. The van der Waals surface area contributed by atoms with Crippen LogP contribution in [0.1, 0.15) is 28.8 Å². The maximum Gasteiger partial charge on any atom is 0.255 e. The maximum atomic E-state index is 12.9. The molecule has 32 heavy (non-hydrogen) atoms. The van der Waals surface area contributed by atoms with Crippen LogP contribution in [-0.4, -0.2) is 69.4 Å². The molecule has 0 unspecified atom stereocenters. The Balaban J connectivity index is 1.30. The first-order valence-corrected chi connectivity index (χ1v) is 10.8. The number of hydrogen-bond acceptors (Lipinski definition) is 5. The minimum Gasteiger partial charge on any atom is -0.497 e. The van der Waals surface area contributed by atoms with Gasteiger partial charge >= 0.3 is 0 Å². The molecule has 0 spiro atoms. The first-order valence-electron chi connectivity index (χ1n) is 10.8. The number of aromatic nitrogens is 3. The van der Waals surface area contributed by atoms with Crippen molar-refractivity contribution in [2.75, 3.05) is 33.3 Å². The van der Waals surface area contributed by atoms with Gasteiger partial charge in [-0.1, -0.05) is 12.1 Å². The number of pyridine rings is 1. The van der Waals surface area contributed by atoms with Gasteiger partial charge in [-0.05, 0) is 42.7 Å². The van der Waals surface area contributed by atoms with E-state index in [4.69, 9.17) is 4.74 Å². The van der Waals surface area contributed by atoms with E-state index in [2.05, 4.69) is 9.97 Å². The lowest BCUT2D eigenvalue weighted by atomic mass is 10.1. The molecule has 8 nitrogen and oxygen atoms in total. The molecular formula is C24H27N5O3. The summed E-state index contributed by atoms with van der Waals surface area (Å²) in [6.45, 7) is 2.37. The Labute approximate surface area is 187 Å². The predicted octanol–water partition coefficient (Wildman–Crippen LogP) is 2.58. The van der Waals surface area contributed by atoms with E-state index >= 15 is 0 Å². The van der Waals surface area contributed by atoms with Crippen molar-refractivity contribution in [3.05, 3.63) is 72.4 Å². The van der Waals surface area contributed by atoms with Gasteiger partial charge in [-0.3, -0.25) is 14.2 Å². The summed E-state index contributed by atoms with van der Waals surface area (Å²) < 4.78 is 6.96. The summed E-state index contributed by atoms with van der Waals surface area (Å²) in [5.41, 5.74) is 1.66. The summed E-state index contributed by atoms with van der Waals surface area (Å²) in [4.78, 5) is 37.7. The Morgan fingerprint density at radius 3 is 2.47 bits per heavy atom. The lowest BCUT2D eigenvalue weighted by Gasteiger charge is -2.22. The molecule has 0 radical (unpaired) electrons. The summed E-state index contributed by atoms with van der Waals surface area (Å²) in [6.07, 6.45) is 8.66. The molecule has 1 aliphatic rings. The molecule has 0 aliphatic carbocycles. The van der Waals surface area contributed by atoms with Crippen LogP contribution in [0.5, 0.6) is 5.75 Å². The van der Waals surface area contributed by atoms with E-state index in [1.807, 2.05) is 40.1 Å². The number of carbonyl (C=O) groups excluding carboxylic acids is 2. The second-order valence-electron chi connectivity index (χ2n) is 7.75. The first-order chi connectivity index (χ1) is 15.6. The lowest BCUT2D eigenvalue weighted by molar-refractivity contribution is -0.131. The number of rotatable bonds is 6. The van der Waals surface area contributed by atoms with Crippen LogP contribution in [0.4, 0.5) is 0 Å². The van der Waals surface area contributed by atoms with E-state index in [1.54, 1.807) is 42.7 Å². The Hall–Kier alpha value is -3.68. The highest BCUT2D eigenvalue weighted by Gasteiger charge is 2.23. The highest BCUT2D eigenvalue weighted by Crippen LogP contribution is 2.15. The monoisotopic (exact) mass is 433 g/mol. The van der Waals surface area contributed by atoms with Crippen molar-refractivity contribution >= 4 is 11.8 Å². The number of nitrogens with zero attached hydrogens (tertiary/aromatic N) is 5. The van der Waals surface area contributed by atoms with Crippen molar-refractivity contribution in [1.29, 1.82) is 0 Å². The molecule has 4 rings (SSSR count). The van der Waals surface area contributed by atoms with Crippen LogP contribution in [-0.2, 0) is 11.2 Å². The van der Waals surface area contributed by atoms with E-state index in [0.29, 0.717) is 50.4 Å². The van der Waals surface area contributed by atoms with Crippen molar-refractivity contribution in [2.45, 2.75) is 19.3 Å². The topological polar surface area (TPSA) is 80.6 Å². The summed E-state index contributed by atoms with van der Waals surface area (Å²) in [5, 5.41) is 0. The van der Waals surface area contributed by atoms with Gasteiger partial charge < -0.3 is 14.5 Å². The van der Waals surface area contributed by atoms with Crippen molar-refractivity contribution in [3.8, 4) is 11.6 Å². The van der Waals surface area contributed by atoms with Crippen molar-refractivity contribution < 1.29 is 14.3 Å². The summed E-state index contributed by atoms with van der Waals surface area (Å²) >= 11 is 0. The average Bonchev–Trinajstić information content (AvgIpc) is 3.27. The van der Waals surface area contributed by atoms with Gasteiger partial charge in [-0.2, -0.15) is 0 Å². The van der Waals surface area contributed by atoms with Gasteiger partial charge in [0.15, 0.2) is 0 Å². The fraction of sp³-hybridized carbons (Fsp3) is 0.333. The fourth-order valence-corrected chi connectivity index (χ4v) is 3.81. The van der Waals surface area contributed by atoms with Gasteiger partial charge in [-0.15, -0.1) is 0 Å². The third-order valence-corrected chi connectivity index (χ3v) is 5.69. The zero-order chi connectivity index (χ0) is 22.3. The molecule has 1 saturated heterocycles. The van der Waals surface area contributed by atoms with Crippen LogP contribution in [0.3, 0.4) is 0 Å². The van der Waals surface area contributed by atoms with Crippen molar-refractivity contribution in [1.82, 2.24) is 24.3 Å². The molecule has 3 aromatic rings. The molecule has 2 amide bonds. The molecule has 8 heteroatoms. The first kappa shape index (κ1) is 21.5. The molecule has 0 atom stereocenters. The number of imidazole rings is 1. The van der Waals surface area contributed by atoms with Gasteiger partial charge in [0.2, 0.25) is 5.91 Å². The second-order valence-corrected chi connectivity index (χ2v) is 7.75. The molecule has 0 N–H and O–H groups in total. The number of ether oxygens (including phenoxy) is 1. The number of amides is 2. The number of methoxy groups -OCH3 is 1. The second kappa shape index (κ2) is 10.1. The minimum atomic E-state index is -0.0535. The highest BCUT2D eigenvalue weighted by molar-refractivity contribution is 5.94. The number of hydrogen-bond donors (Lipinski definition) is 0. The maximum absolute atomic E-state index is 12.9. The Morgan fingerprint density at radius 2 is 1.78 bits per heavy atom. The third-order valence-electron chi connectivity index (χ3n) is 5.69. The Morgan fingerprint density at radius 1 is 1.00 bits per heavy atom. The van der Waals surface area contributed by atoms with Gasteiger partial charge in [0, 0.05) is 51.2 Å². The molecule has 1 aliphatic heterocycles. The van der Waals surface area contributed by atoms with E-state index in [9.17, 15) is 9.59 Å². The molecule has 0 saturated carbocycles. The highest BCUT2D eigenvalue weighted by atomic mass is 16.5.